The van der Waals surface area contributed by atoms with Crippen LogP contribution in [0, 0.1) is 11.8 Å². The Bertz CT molecular complexity index is 864. The van der Waals surface area contributed by atoms with Gasteiger partial charge >= 0.3 is 0 Å². The summed E-state index contributed by atoms with van der Waals surface area (Å²) in [7, 11) is 0. The number of amides is 2. The Labute approximate surface area is 170 Å². The first-order valence-corrected chi connectivity index (χ1v) is 10.00. The second kappa shape index (κ2) is 9.37. The van der Waals surface area contributed by atoms with Gasteiger partial charge in [-0.05, 0) is 56.2 Å². The van der Waals surface area contributed by atoms with E-state index >= 15 is 0 Å². The number of aliphatic carboxylic acids is 1. The van der Waals surface area contributed by atoms with Crippen LogP contribution in [-0.4, -0.2) is 24.3 Å². The van der Waals surface area contributed by atoms with E-state index < -0.39 is 17.8 Å². The van der Waals surface area contributed by atoms with Gasteiger partial charge in [-0.2, -0.15) is 0 Å². The van der Waals surface area contributed by atoms with Crippen molar-refractivity contribution in [2.24, 2.45) is 11.8 Å². The number of nitrogens with zero attached hydrogens (tertiary/aromatic N) is 1. The minimum Gasteiger partial charge on any atom is -0.550 e. The molecule has 2 aromatic carbocycles. The molecule has 0 bridgehead atoms. The number of para-hydroxylation sites is 1. The number of hydrogen-bond acceptors (Lipinski definition) is 4. The maximum Gasteiger partial charge on any atom is 0.258 e. The van der Waals surface area contributed by atoms with E-state index in [1.54, 1.807) is 29.2 Å². The average molecular weight is 393 g/mol. The van der Waals surface area contributed by atoms with Gasteiger partial charge in [0.2, 0.25) is 5.91 Å². The molecule has 2 amide bonds. The van der Waals surface area contributed by atoms with Crippen molar-refractivity contribution in [1.29, 1.82) is 0 Å². The lowest BCUT2D eigenvalue weighted by Crippen LogP contribution is -2.42. The van der Waals surface area contributed by atoms with Gasteiger partial charge in [-0.1, -0.05) is 31.0 Å². The van der Waals surface area contributed by atoms with Crippen molar-refractivity contribution in [3.8, 4) is 0 Å². The van der Waals surface area contributed by atoms with Gasteiger partial charge in [-0.25, -0.2) is 0 Å². The number of carbonyl (C=O) groups is 3. The highest BCUT2D eigenvalue weighted by atomic mass is 16.4. The topological polar surface area (TPSA) is 89.5 Å². The number of hydrogen-bond donors (Lipinski definition) is 1. The molecule has 1 saturated carbocycles. The van der Waals surface area contributed by atoms with Gasteiger partial charge in [-0.15, -0.1) is 0 Å². The fraction of sp³-hybridized carbons (Fsp3) is 0.348. The number of carboxylic acid groups (broad SMARTS) is 1. The van der Waals surface area contributed by atoms with E-state index in [1.165, 1.54) is 0 Å². The summed E-state index contributed by atoms with van der Waals surface area (Å²) in [5.41, 5.74) is 1.87. The van der Waals surface area contributed by atoms with Crippen LogP contribution in [0.2, 0.25) is 0 Å². The van der Waals surface area contributed by atoms with E-state index in [9.17, 15) is 19.5 Å². The minimum absolute atomic E-state index is 0.124. The first-order chi connectivity index (χ1) is 14.0. The number of benzene rings is 2. The Balaban J connectivity index is 1.69. The van der Waals surface area contributed by atoms with E-state index in [4.69, 9.17) is 0 Å². The highest BCUT2D eigenvalue weighted by molar-refractivity contribution is 6.06. The predicted octanol–water partition coefficient (Wildman–Crippen LogP) is 2.85. The van der Waals surface area contributed by atoms with Crippen LogP contribution in [0.15, 0.2) is 54.6 Å². The number of anilines is 2. The second-order valence-corrected chi connectivity index (χ2v) is 7.27. The maximum absolute atomic E-state index is 12.8. The summed E-state index contributed by atoms with van der Waals surface area (Å²) in [5, 5.41) is 14.1. The number of nitrogens with one attached hydrogen (secondary N) is 1. The van der Waals surface area contributed by atoms with Gasteiger partial charge in [0.1, 0.15) is 0 Å². The van der Waals surface area contributed by atoms with Crippen molar-refractivity contribution in [1.82, 2.24) is 0 Å². The smallest absolute Gasteiger partial charge is 0.258 e. The zero-order valence-corrected chi connectivity index (χ0v) is 16.5. The molecule has 1 N–H and O–H groups in total. The number of rotatable bonds is 6. The molecule has 0 unspecified atom stereocenters. The lowest BCUT2D eigenvalue weighted by molar-refractivity contribution is -0.313. The largest absolute Gasteiger partial charge is 0.550 e. The van der Waals surface area contributed by atoms with Gasteiger partial charge in [0.05, 0.1) is 0 Å². The first-order valence-electron chi connectivity index (χ1n) is 10.00. The zero-order chi connectivity index (χ0) is 20.8. The van der Waals surface area contributed by atoms with Gasteiger partial charge in [-0.3, -0.25) is 9.59 Å². The van der Waals surface area contributed by atoms with Crippen LogP contribution < -0.4 is 15.3 Å². The molecule has 2 aromatic rings. The fourth-order valence-electron chi connectivity index (χ4n) is 3.87. The summed E-state index contributed by atoms with van der Waals surface area (Å²) in [5.74, 6) is -2.91. The monoisotopic (exact) mass is 393 g/mol. The number of carboxylic acids is 1. The van der Waals surface area contributed by atoms with Crippen LogP contribution in [0.4, 0.5) is 11.4 Å². The Morgan fingerprint density at radius 1 is 0.966 bits per heavy atom. The molecule has 0 spiro atoms. The van der Waals surface area contributed by atoms with Crippen molar-refractivity contribution in [2.75, 3.05) is 16.8 Å². The Morgan fingerprint density at radius 3 is 2.17 bits per heavy atom. The van der Waals surface area contributed by atoms with Crippen molar-refractivity contribution in [2.45, 2.75) is 32.6 Å². The molecule has 0 radical (unpaired) electrons. The van der Waals surface area contributed by atoms with Gasteiger partial charge < -0.3 is 20.1 Å². The third kappa shape index (κ3) is 4.83. The molecule has 3 rings (SSSR count). The van der Waals surface area contributed by atoms with Crippen LogP contribution in [0.25, 0.3) is 0 Å². The molecular weight excluding hydrogens is 368 g/mol. The molecule has 6 nitrogen and oxygen atoms in total. The van der Waals surface area contributed by atoms with E-state index in [0.29, 0.717) is 30.6 Å². The van der Waals surface area contributed by atoms with Crippen LogP contribution in [0.5, 0.6) is 0 Å². The lowest BCUT2D eigenvalue weighted by Gasteiger charge is -2.31. The minimum atomic E-state index is -1.16. The molecule has 0 heterocycles. The molecule has 1 aliphatic rings. The second-order valence-electron chi connectivity index (χ2n) is 7.27. The Morgan fingerprint density at radius 2 is 1.59 bits per heavy atom. The summed E-state index contributed by atoms with van der Waals surface area (Å²) in [6.07, 6.45) is 2.65. The van der Waals surface area contributed by atoms with Crippen LogP contribution in [0.3, 0.4) is 0 Å². The predicted molar refractivity (Wildman–Crippen MR) is 109 cm³/mol. The summed E-state index contributed by atoms with van der Waals surface area (Å²) in [6.45, 7) is 2.45. The highest BCUT2D eigenvalue weighted by Gasteiger charge is 2.31. The molecule has 152 valence electrons. The summed E-state index contributed by atoms with van der Waals surface area (Å²) >= 11 is 0. The van der Waals surface area contributed by atoms with Gasteiger partial charge in [0.15, 0.2) is 0 Å². The quantitative estimate of drug-likeness (QED) is 0.817. The third-order valence-electron chi connectivity index (χ3n) is 5.43. The van der Waals surface area contributed by atoms with Crippen molar-refractivity contribution < 1.29 is 19.5 Å². The van der Waals surface area contributed by atoms with Crippen molar-refractivity contribution in [3.63, 3.8) is 0 Å². The maximum atomic E-state index is 12.8. The Kier molecular flexibility index (Phi) is 6.65. The zero-order valence-electron chi connectivity index (χ0n) is 16.5. The standard InChI is InChI=1S/C23H26N2O4/c1-2-25(18-8-4-3-5-9-18)22(27)16-12-14-17(15-13-16)24-21(26)19-10-6-7-11-20(19)23(28)29/h3-5,8-9,12-15,19-20H,2,6-7,10-11H2,1H3,(H,24,26)(H,28,29)/p-1/t19-,20+/m1/s1. The summed E-state index contributed by atoms with van der Waals surface area (Å²) < 4.78 is 0. The molecular formula is C23H25N2O4-. The van der Waals surface area contributed by atoms with E-state index in [-0.39, 0.29) is 11.8 Å². The molecule has 6 heteroatoms. The van der Waals surface area contributed by atoms with Crippen LogP contribution >= 0.6 is 0 Å². The first kappa shape index (κ1) is 20.6. The molecule has 0 aliphatic heterocycles. The van der Waals surface area contributed by atoms with Crippen molar-refractivity contribution in [3.05, 3.63) is 60.2 Å². The Hall–Kier alpha value is -3.15. The van der Waals surface area contributed by atoms with Crippen LogP contribution in [0.1, 0.15) is 43.0 Å². The van der Waals surface area contributed by atoms with E-state index in [0.717, 1.165) is 18.5 Å². The van der Waals surface area contributed by atoms with E-state index in [1.807, 2.05) is 37.3 Å². The molecule has 29 heavy (non-hydrogen) atoms. The summed E-state index contributed by atoms with van der Waals surface area (Å²) in [6, 6.07) is 16.1. The van der Waals surface area contributed by atoms with Crippen molar-refractivity contribution >= 4 is 29.2 Å². The lowest BCUT2D eigenvalue weighted by atomic mass is 9.78. The van der Waals surface area contributed by atoms with Crippen LogP contribution in [-0.2, 0) is 9.59 Å². The average Bonchev–Trinajstić information content (AvgIpc) is 2.75. The molecule has 0 aromatic heterocycles. The number of carbonyl (C=O) groups excluding carboxylic acids is 3. The third-order valence-corrected chi connectivity index (χ3v) is 5.43. The molecule has 1 aliphatic carbocycles. The highest BCUT2D eigenvalue weighted by Crippen LogP contribution is 2.31. The molecule has 2 atom stereocenters. The van der Waals surface area contributed by atoms with E-state index in [2.05, 4.69) is 5.32 Å². The molecule has 0 saturated heterocycles. The fourth-order valence-corrected chi connectivity index (χ4v) is 3.87. The summed E-state index contributed by atoms with van der Waals surface area (Å²) in [4.78, 5) is 38.4. The normalized spacial score (nSPS) is 18.7. The SMILES string of the molecule is CCN(C(=O)c1ccc(NC(=O)[C@@H]2CCCC[C@@H]2C(=O)[O-])cc1)c1ccccc1. The van der Waals surface area contributed by atoms with Gasteiger partial charge in [0, 0.05) is 41.3 Å². The molecule has 1 fully saturated rings. The van der Waals surface area contributed by atoms with Gasteiger partial charge in [0.25, 0.3) is 5.91 Å².